The normalized spacial score (nSPS) is 19.3. The number of amides is 1. The van der Waals surface area contributed by atoms with Gasteiger partial charge in [0.1, 0.15) is 6.04 Å². The highest BCUT2D eigenvalue weighted by atomic mass is 32.2. The number of nitrogens with one attached hydrogen (secondary N) is 1. The third-order valence-corrected chi connectivity index (χ3v) is 5.11. The highest BCUT2D eigenvalue weighted by molar-refractivity contribution is 7.92. The van der Waals surface area contributed by atoms with Gasteiger partial charge in [0, 0.05) is 13.2 Å². The van der Waals surface area contributed by atoms with Gasteiger partial charge >= 0.3 is 0 Å². The van der Waals surface area contributed by atoms with Crippen molar-refractivity contribution in [2.24, 2.45) is 0 Å². The van der Waals surface area contributed by atoms with Crippen LogP contribution in [0.1, 0.15) is 25.3 Å². The second-order valence-corrected chi connectivity index (χ2v) is 7.81. The first-order valence-electron chi connectivity index (χ1n) is 7.74. The van der Waals surface area contributed by atoms with Crippen molar-refractivity contribution in [1.82, 2.24) is 5.32 Å². The van der Waals surface area contributed by atoms with E-state index in [1.807, 2.05) is 13.0 Å². The molecule has 0 aromatic heterocycles. The van der Waals surface area contributed by atoms with Crippen molar-refractivity contribution in [1.29, 1.82) is 0 Å². The van der Waals surface area contributed by atoms with Crippen LogP contribution in [0.4, 0.5) is 5.69 Å². The quantitative estimate of drug-likeness (QED) is 0.850. The van der Waals surface area contributed by atoms with Gasteiger partial charge in [0.05, 0.1) is 18.0 Å². The number of rotatable bonds is 6. The number of carbonyl (C=O) groups excluding carboxylic acids is 1. The molecule has 1 aliphatic rings. The highest BCUT2D eigenvalue weighted by Crippen LogP contribution is 2.22. The van der Waals surface area contributed by atoms with Crippen molar-refractivity contribution in [2.45, 2.75) is 38.8 Å². The second-order valence-electron chi connectivity index (χ2n) is 5.95. The molecule has 1 fully saturated rings. The zero-order valence-electron chi connectivity index (χ0n) is 13.8. The number of anilines is 1. The Hall–Kier alpha value is -1.60. The Morgan fingerprint density at radius 3 is 2.78 bits per heavy atom. The lowest BCUT2D eigenvalue weighted by molar-refractivity contribution is -0.122. The van der Waals surface area contributed by atoms with Gasteiger partial charge in [0.2, 0.25) is 15.9 Å². The predicted octanol–water partition coefficient (Wildman–Crippen LogP) is 1.44. The lowest BCUT2D eigenvalue weighted by atomic mass is 10.2. The van der Waals surface area contributed by atoms with E-state index in [9.17, 15) is 13.2 Å². The molecule has 1 N–H and O–H groups in total. The van der Waals surface area contributed by atoms with Crippen molar-refractivity contribution >= 4 is 21.6 Å². The first-order valence-corrected chi connectivity index (χ1v) is 9.59. The average Bonchev–Trinajstić information content (AvgIpc) is 2.96. The van der Waals surface area contributed by atoms with Crippen molar-refractivity contribution in [2.75, 3.05) is 23.7 Å². The molecule has 128 valence electrons. The Morgan fingerprint density at radius 1 is 1.48 bits per heavy atom. The molecule has 1 aromatic carbocycles. The van der Waals surface area contributed by atoms with E-state index in [0.29, 0.717) is 12.2 Å². The van der Waals surface area contributed by atoms with E-state index in [-0.39, 0.29) is 12.0 Å². The van der Waals surface area contributed by atoms with Gasteiger partial charge in [-0.15, -0.1) is 0 Å². The first kappa shape index (κ1) is 17.7. The molecule has 1 aromatic rings. The predicted molar refractivity (Wildman–Crippen MR) is 89.9 cm³/mol. The van der Waals surface area contributed by atoms with Gasteiger partial charge in [-0.2, -0.15) is 0 Å². The third kappa shape index (κ3) is 4.68. The minimum absolute atomic E-state index is 0.0248. The maximum absolute atomic E-state index is 12.4. The Kier molecular flexibility index (Phi) is 5.64. The van der Waals surface area contributed by atoms with Crippen LogP contribution >= 0.6 is 0 Å². The lowest BCUT2D eigenvalue weighted by Crippen LogP contribution is -2.49. The standard InChI is InChI=1S/C16H24N2O4S/c1-12-6-4-7-14(10-12)18(23(3,20)21)13(2)16(19)17-11-15-8-5-9-22-15/h4,6-7,10,13,15H,5,8-9,11H2,1-3H3,(H,17,19)/t13-,15-/m0/s1. The van der Waals surface area contributed by atoms with E-state index in [2.05, 4.69) is 5.32 Å². The smallest absolute Gasteiger partial charge is 0.243 e. The summed E-state index contributed by atoms with van der Waals surface area (Å²) in [4.78, 5) is 12.4. The van der Waals surface area contributed by atoms with Crippen LogP contribution in [0.2, 0.25) is 0 Å². The number of hydrogen-bond donors (Lipinski definition) is 1. The highest BCUT2D eigenvalue weighted by Gasteiger charge is 2.29. The van der Waals surface area contributed by atoms with Crippen molar-refractivity contribution in [3.05, 3.63) is 29.8 Å². The molecule has 1 saturated heterocycles. The average molecular weight is 340 g/mol. The van der Waals surface area contributed by atoms with Gasteiger partial charge in [-0.3, -0.25) is 9.10 Å². The van der Waals surface area contributed by atoms with Crippen LogP contribution in [-0.4, -0.2) is 45.9 Å². The van der Waals surface area contributed by atoms with E-state index in [4.69, 9.17) is 4.74 Å². The van der Waals surface area contributed by atoms with E-state index in [1.54, 1.807) is 25.1 Å². The molecule has 7 heteroatoms. The van der Waals surface area contributed by atoms with E-state index < -0.39 is 16.1 Å². The molecule has 0 aliphatic carbocycles. The molecule has 0 radical (unpaired) electrons. The second kappa shape index (κ2) is 7.31. The van der Waals surface area contributed by atoms with Crippen molar-refractivity contribution in [3.63, 3.8) is 0 Å². The molecule has 1 heterocycles. The monoisotopic (exact) mass is 340 g/mol. The summed E-state index contributed by atoms with van der Waals surface area (Å²) < 4.78 is 31.0. The van der Waals surface area contributed by atoms with Gasteiger partial charge in [-0.05, 0) is 44.4 Å². The largest absolute Gasteiger partial charge is 0.376 e. The maximum atomic E-state index is 12.4. The van der Waals surface area contributed by atoms with Gasteiger partial charge in [0.15, 0.2) is 0 Å². The zero-order chi connectivity index (χ0) is 17.0. The Morgan fingerprint density at radius 2 is 2.22 bits per heavy atom. The molecular formula is C16H24N2O4S. The Balaban J connectivity index is 2.13. The minimum atomic E-state index is -3.58. The molecule has 2 rings (SSSR count). The van der Waals surface area contributed by atoms with E-state index in [1.165, 1.54) is 0 Å². The fourth-order valence-electron chi connectivity index (χ4n) is 2.74. The fraction of sp³-hybridized carbons (Fsp3) is 0.562. The van der Waals surface area contributed by atoms with Crippen LogP contribution in [-0.2, 0) is 19.6 Å². The minimum Gasteiger partial charge on any atom is -0.376 e. The summed E-state index contributed by atoms with van der Waals surface area (Å²) in [6.45, 7) is 4.60. The van der Waals surface area contributed by atoms with Crippen molar-refractivity contribution in [3.8, 4) is 0 Å². The topological polar surface area (TPSA) is 75.7 Å². The summed E-state index contributed by atoms with van der Waals surface area (Å²) in [7, 11) is -3.58. The summed E-state index contributed by atoms with van der Waals surface area (Å²) in [5, 5.41) is 2.79. The van der Waals surface area contributed by atoms with Gasteiger partial charge in [-0.1, -0.05) is 12.1 Å². The number of hydrogen-bond acceptors (Lipinski definition) is 4. The van der Waals surface area contributed by atoms with Crippen LogP contribution in [0.5, 0.6) is 0 Å². The number of aryl methyl sites for hydroxylation is 1. The molecule has 0 unspecified atom stereocenters. The van der Waals surface area contributed by atoms with Gasteiger partial charge in [0.25, 0.3) is 0 Å². The number of ether oxygens (including phenoxy) is 1. The molecule has 6 nitrogen and oxygen atoms in total. The number of benzene rings is 1. The summed E-state index contributed by atoms with van der Waals surface area (Å²) >= 11 is 0. The van der Waals surface area contributed by atoms with Crippen LogP contribution < -0.4 is 9.62 Å². The summed E-state index contributed by atoms with van der Waals surface area (Å²) in [6, 6.07) is 6.28. The zero-order valence-corrected chi connectivity index (χ0v) is 14.6. The Labute approximate surface area is 137 Å². The number of nitrogens with zero attached hydrogens (tertiary/aromatic N) is 1. The van der Waals surface area contributed by atoms with Gasteiger partial charge in [-0.25, -0.2) is 8.42 Å². The maximum Gasteiger partial charge on any atom is 0.243 e. The van der Waals surface area contributed by atoms with E-state index >= 15 is 0 Å². The molecule has 0 spiro atoms. The van der Waals surface area contributed by atoms with Crippen LogP contribution in [0.15, 0.2) is 24.3 Å². The summed E-state index contributed by atoms with van der Waals surface area (Å²) in [5.41, 5.74) is 1.43. The molecule has 1 aliphatic heterocycles. The molecule has 23 heavy (non-hydrogen) atoms. The number of sulfonamides is 1. The molecule has 2 atom stereocenters. The van der Waals surface area contributed by atoms with E-state index in [0.717, 1.165) is 35.6 Å². The van der Waals surface area contributed by atoms with Crippen LogP contribution in [0.3, 0.4) is 0 Å². The first-order chi connectivity index (χ1) is 10.8. The van der Waals surface area contributed by atoms with Crippen molar-refractivity contribution < 1.29 is 17.9 Å². The summed E-state index contributed by atoms with van der Waals surface area (Å²) in [5.74, 6) is -0.326. The SMILES string of the molecule is Cc1cccc(N([C@@H](C)C(=O)NC[C@@H]2CCCO2)S(C)(=O)=O)c1. The molecule has 1 amide bonds. The summed E-state index contributed by atoms with van der Waals surface area (Å²) in [6.07, 6.45) is 3.05. The van der Waals surface area contributed by atoms with Crippen LogP contribution in [0, 0.1) is 6.92 Å². The number of carbonyl (C=O) groups is 1. The molecule has 0 saturated carbocycles. The van der Waals surface area contributed by atoms with Gasteiger partial charge < -0.3 is 10.1 Å². The third-order valence-electron chi connectivity index (χ3n) is 3.87. The van der Waals surface area contributed by atoms with Crippen LogP contribution in [0.25, 0.3) is 0 Å². The molecular weight excluding hydrogens is 316 g/mol. The lowest BCUT2D eigenvalue weighted by Gasteiger charge is -2.28. The molecule has 0 bridgehead atoms. The fourth-order valence-corrected chi connectivity index (χ4v) is 3.91. The Bertz CT molecular complexity index is 654.